The number of aromatic nitrogens is 3. The Balaban J connectivity index is 2.11. The van der Waals surface area contributed by atoms with E-state index in [1.807, 2.05) is 37.3 Å². The molecule has 0 unspecified atom stereocenters. The van der Waals surface area contributed by atoms with Crippen molar-refractivity contribution in [3.8, 4) is 11.3 Å². The predicted octanol–water partition coefficient (Wildman–Crippen LogP) is 3.25. The minimum absolute atomic E-state index is 0.106. The van der Waals surface area contributed by atoms with Crippen LogP contribution in [0.5, 0.6) is 0 Å². The molecule has 1 N–H and O–H groups in total. The molecule has 0 aliphatic rings. The van der Waals surface area contributed by atoms with Crippen LogP contribution in [0.4, 0.5) is 0 Å². The summed E-state index contributed by atoms with van der Waals surface area (Å²) in [7, 11) is 0. The zero-order valence-electron chi connectivity index (χ0n) is 12.2. The second kappa shape index (κ2) is 5.48. The lowest BCUT2D eigenvalue weighted by molar-refractivity contribution is 0.828. The minimum atomic E-state index is -0.106. The second-order valence-corrected chi connectivity index (χ2v) is 5.19. The molecule has 3 rings (SSSR count). The van der Waals surface area contributed by atoms with Crippen molar-refractivity contribution < 1.29 is 0 Å². The Morgan fingerprint density at radius 3 is 2.76 bits per heavy atom. The van der Waals surface area contributed by atoms with Crippen molar-refractivity contribution in [1.29, 1.82) is 0 Å². The molecule has 0 atom stereocenters. The Labute approximate surface area is 122 Å². The van der Waals surface area contributed by atoms with Crippen LogP contribution < -0.4 is 5.56 Å². The lowest BCUT2D eigenvalue weighted by Gasteiger charge is -2.05. The molecule has 0 radical (unpaired) electrons. The fourth-order valence-corrected chi connectivity index (χ4v) is 2.40. The van der Waals surface area contributed by atoms with Crippen LogP contribution in [-0.2, 0) is 6.42 Å². The summed E-state index contributed by atoms with van der Waals surface area (Å²) in [6, 6.07) is 11.5. The largest absolute Gasteiger partial charge is 0.311 e. The Hall–Kier alpha value is -2.49. The highest BCUT2D eigenvalue weighted by atomic mass is 16.1. The number of fused-ring (bicyclic) bond motifs is 1. The number of rotatable bonds is 3. The van der Waals surface area contributed by atoms with Crippen molar-refractivity contribution in [2.75, 3.05) is 0 Å². The summed E-state index contributed by atoms with van der Waals surface area (Å²) in [5, 5.41) is 1.05. The van der Waals surface area contributed by atoms with Crippen LogP contribution >= 0.6 is 0 Å². The monoisotopic (exact) mass is 279 g/mol. The number of benzene rings is 1. The lowest BCUT2D eigenvalue weighted by atomic mass is 10.1. The predicted molar refractivity (Wildman–Crippen MR) is 84.3 cm³/mol. The molecule has 1 aromatic carbocycles. The fourth-order valence-electron chi connectivity index (χ4n) is 2.40. The van der Waals surface area contributed by atoms with Gasteiger partial charge < -0.3 is 4.98 Å². The summed E-state index contributed by atoms with van der Waals surface area (Å²) in [4.78, 5) is 23.6. The third kappa shape index (κ3) is 2.84. The number of hydrogen-bond acceptors (Lipinski definition) is 3. The summed E-state index contributed by atoms with van der Waals surface area (Å²) >= 11 is 0. The summed E-state index contributed by atoms with van der Waals surface area (Å²) in [6.07, 6.45) is 1.73. The molecular weight excluding hydrogens is 262 g/mol. The number of hydrogen-bond donors (Lipinski definition) is 1. The number of pyridine rings is 1. The Kier molecular flexibility index (Phi) is 3.52. The van der Waals surface area contributed by atoms with Gasteiger partial charge in [-0.25, -0.2) is 4.98 Å². The van der Waals surface area contributed by atoms with E-state index in [-0.39, 0.29) is 5.56 Å². The normalized spacial score (nSPS) is 11.0. The average molecular weight is 279 g/mol. The van der Waals surface area contributed by atoms with Crippen LogP contribution in [0.2, 0.25) is 0 Å². The smallest absolute Gasteiger partial charge is 0.251 e. The van der Waals surface area contributed by atoms with E-state index in [9.17, 15) is 4.79 Å². The van der Waals surface area contributed by atoms with Crippen LogP contribution in [0.25, 0.3) is 22.2 Å². The molecule has 0 saturated heterocycles. The average Bonchev–Trinajstić information content (AvgIpc) is 2.46. The molecule has 0 aliphatic carbocycles. The summed E-state index contributed by atoms with van der Waals surface area (Å²) < 4.78 is 0. The van der Waals surface area contributed by atoms with Gasteiger partial charge in [-0.2, -0.15) is 0 Å². The van der Waals surface area contributed by atoms with E-state index in [1.165, 1.54) is 0 Å². The van der Waals surface area contributed by atoms with Crippen molar-refractivity contribution >= 4 is 10.9 Å². The van der Waals surface area contributed by atoms with Gasteiger partial charge in [0, 0.05) is 29.1 Å². The molecule has 2 aromatic heterocycles. The first kappa shape index (κ1) is 13.5. The van der Waals surface area contributed by atoms with Gasteiger partial charge in [-0.15, -0.1) is 0 Å². The highest BCUT2D eigenvalue weighted by Crippen LogP contribution is 2.21. The minimum Gasteiger partial charge on any atom is -0.311 e. The molecule has 0 spiro atoms. The van der Waals surface area contributed by atoms with Gasteiger partial charge in [-0.3, -0.25) is 9.78 Å². The third-order valence-electron chi connectivity index (χ3n) is 3.40. The number of aromatic amines is 1. The molecule has 4 nitrogen and oxygen atoms in total. The molecule has 0 fully saturated rings. The Morgan fingerprint density at radius 2 is 1.95 bits per heavy atom. The Bertz CT molecular complexity index is 852. The molecule has 0 bridgehead atoms. The Morgan fingerprint density at radius 1 is 1.10 bits per heavy atom. The summed E-state index contributed by atoms with van der Waals surface area (Å²) in [5.41, 5.74) is 3.50. The highest BCUT2D eigenvalue weighted by molar-refractivity contribution is 5.83. The van der Waals surface area contributed by atoms with Crippen molar-refractivity contribution in [3.63, 3.8) is 0 Å². The van der Waals surface area contributed by atoms with E-state index in [4.69, 9.17) is 0 Å². The van der Waals surface area contributed by atoms with Crippen LogP contribution in [-0.4, -0.2) is 15.0 Å². The van der Waals surface area contributed by atoms with Gasteiger partial charge in [-0.1, -0.05) is 19.1 Å². The number of nitrogens with zero attached hydrogens (tertiary/aromatic N) is 2. The molecule has 2 heterocycles. The van der Waals surface area contributed by atoms with Crippen LogP contribution in [0.3, 0.4) is 0 Å². The molecule has 0 amide bonds. The van der Waals surface area contributed by atoms with E-state index < -0.39 is 0 Å². The standard InChI is InChI=1S/C17H17N3O/c1-3-4-16-19-15(10-17(21)20-16)13-7-8-14-12(9-13)6-5-11(2)18-14/h5-10H,3-4H2,1-2H3,(H,19,20,21). The maximum Gasteiger partial charge on any atom is 0.251 e. The zero-order chi connectivity index (χ0) is 14.8. The van der Waals surface area contributed by atoms with E-state index in [0.29, 0.717) is 5.69 Å². The first-order chi connectivity index (χ1) is 10.2. The summed E-state index contributed by atoms with van der Waals surface area (Å²) in [5.74, 6) is 0.738. The third-order valence-corrected chi connectivity index (χ3v) is 3.40. The van der Waals surface area contributed by atoms with Crippen LogP contribution in [0.1, 0.15) is 24.9 Å². The van der Waals surface area contributed by atoms with Gasteiger partial charge >= 0.3 is 0 Å². The molecular formula is C17H17N3O. The number of aryl methyl sites for hydroxylation is 2. The first-order valence-corrected chi connectivity index (χ1v) is 7.14. The lowest BCUT2D eigenvalue weighted by Crippen LogP contribution is -2.11. The fraction of sp³-hybridized carbons (Fsp3) is 0.235. The van der Waals surface area contributed by atoms with E-state index in [1.54, 1.807) is 6.07 Å². The van der Waals surface area contributed by atoms with E-state index in [0.717, 1.165) is 40.8 Å². The first-order valence-electron chi connectivity index (χ1n) is 7.14. The van der Waals surface area contributed by atoms with Gasteiger partial charge in [0.2, 0.25) is 0 Å². The van der Waals surface area contributed by atoms with Crippen LogP contribution in [0.15, 0.2) is 41.2 Å². The summed E-state index contributed by atoms with van der Waals surface area (Å²) in [6.45, 7) is 4.04. The number of H-pyrrole nitrogens is 1. The molecule has 0 saturated carbocycles. The number of nitrogens with one attached hydrogen (secondary N) is 1. The highest BCUT2D eigenvalue weighted by Gasteiger charge is 2.05. The molecule has 3 aromatic rings. The van der Waals surface area contributed by atoms with Crippen molar-refractivity contribution in [3.05, 3.63) is 58.3 Å². The topological polar surface area (TPSA) is 58.6 Å². The quantitative estimate of drug-likeness (QED) is 0.800. The van der Waals surface area contributed by atoms with Crippen molar-refractivity contribution in [2.45, 2.75) is 26.7 Å². The SMILES string of the molecule is CCCc1nc(-c2ccc3nc(C)ccc3c2)cc(=O)[nH]1. The van der Waals surface area contributed by atoms with Crippen molar-refractivity contribution in [2.24, 2.45) is 0 Å². The van der Waals surface area contributed by atoms with Gasteiger partial charge in [0.05, 0.1) is 11.2 Å². The van der Waals surface area contributed by atoms with Gasteiger partial charge in [0.15, 0.2) is 0 Å². The van der Waals surface area contributed by atoms with E-state index >= 15 is 0 Å². The maximum atomic E-state index is 11.8. The van der Waals surface area contributed by atoms with Gasteiger partial charge in [-0.05, 0) is 31.5 Å². The van der Waals surface area contributed by atoms with Gasteiger partial charge in [0.1, 0.15) is 5.82 Å². The molecule has 0 aliphatic heterocycles. The van der Waals surface area contributed by atoms with Gasteiger partial charge in [0.25, 0.3) is 5.56 Å². The zero-order valence-corrected chi connectivity index (χ0v) is 12.2. The molecule has 4 heteroatoms. The van der Waals surface area contributed by atoms with Crippen LogP contribution in [0, 0.1) is 6.92 Å². The second-order valence-electron chi connectivity index (χ2n) is 5.19. The molecule has 106 valence electrons. The maximum absolute atomic E-state index is 11.8. The molecule has 21 heavy (non-hydrogen) atoms. The van der Waals surface area contributed by atoms with Crippen molar-refractivity contribution in [1.82, 2.24) is 15.0 Å². The van der Waals surface area contributed by atoms with E-state index in [2.05, 4.69) is 21.9 Å².